The second-order valence-corrected chi connectivity index (χ2v) is 8.43. The average molecular weight is 378 g/mol. The minimum absolute atomic E-state index is 0.135. The summed E-state index contributed by atoms with van der Waals surface area (Å²) in [5.41, 5.74) is 4.61. The van der Waals surface area contributed by atoms with Gasteiger partial charge < -0.3 is 4.90 Å². The smallest absolute Gasteiger partial charge is 0.255 e. The number of carbonyl (C=O) groups is 1. The molecule has 0 unspecified atom stereocenters. The lowest BCUT2D eigenvalue weighted by Crippen LogP contribution is -2.39. The quantitative estimate of drug-likeness (QED) is 0.788. The molecule has 0 saturated carbocycles. The summed E-state index contributed by atoms with van der Waals surface area (Å²) in [6.07, 6.45) is 9.43. The van der Waals surface area contributed by atoms with Gasteiger partial charge in [0.1, 0.15) is 0 Å². The van der Waals surface area contributed by atoms with Gasteiger partial charge in [0.2, 0.25) is 0 Å². The van der Waals surface area contributed by atoms with Crippen molar-refractivity contribution in [1.29, 1.82) is 0 Å². The Morgan fingerprint density at radius 2 is 1.68 bits per heavy atom. The highest BCUT2D eigenvalue weighted by Crippen LogP contribution is 2.24. The molecule has 0 N–H and O–H groups in total. The van der Waals surface area contributed by atoms with Crippen LogP contribution in [0.25, 0.3) is 0 Å². The standard InChI is InChI=1S/C24H31N3O/c1-19-8-11-25-17-23(19)24(28)27-14-9-21(10-15-27)16-20-4-6-22(7-5-20)18-26-12-2-3-13-26/h4-8,11,17,21H,2-3,9-10,12-16,18H2,1H3. The van der Waals surface area contributed by atoms with Crippen molar-refractivity contribution < 1.29 is 4.79 Å². The van der Waals surface area contributed by atoms with Gasteiger partial charge in [-0.25, -0.2) is 0 Å². The summed E-state index contributed by atoms with van der Waals surface area (Å²) in [5.74, 6) is 0.804. The molecule has 1 aromatic carbocycles. The van der Waals surface area contributed by atoms with E-state index in [0.29, 0.717) is 5.92 Å². The molecule has 0 radical (unpaired) electrons. The van der Waals surface area contributed by atoms with Crippen LogP contribution in [0.5, 0.6) is 0 Å². The molecule has 1 amide bonds. The molecule has 0 aliphatic carbocycles. The molecule has 2 aromatic rings. The van der Waals surface area contributed by atoms with E-state index in [1.54, 1.807) is 12.4 Å². The number of amides is 1. The maximum absolute atomic E-state index is 12.7. The van der Waals surface area contributed by atoms with E-state index < -0.39 is 0 Å². The van der Waals surface area contributed by atoms with Gasteiger partial charge >= 0.3 is 0 Å². The first-order chi connectivity index (χ1) is 13.7. The van der Waals surface area contributed by atoms with E-state index in [1.807, 2.05) is 17.9 Å². The van der Waals surface area contributed by atoms with Crippen LogP contribution in [-0.2, 0) is 13.0 Å². The first-order valence-corrected chi connectivity index (χ1v) is 10.7. The first-order valence-electron chi connectivity index (χ1n) is 10.7. The van der Waals surface area contributed by atoms with Gasteiger partial charge in [-0.3, -0.25) is 14.7 Å². The highest BCUT2D eigenvalue weighted by Gasteiger charge is 2.24. The third-order valence-electron chi connectivity index (χ3n) is 6.32. The fraction of sp³-hybridized carbons (Fsp3) is 0.500. The van der Waals surface area contributed by atoms with E-state index in [-0.39, 0.29) is 5.91 Å². The average Bonchev–Trinajstić information content (AvgIpc) is 3.23. The number of hydrogen-bond donors (Lipinski definition) is 0. The molecule has 1 aromatic heterocycles. The van der Waals surface area contributed by atoms with E-state index in [0.717, 1.165) is 50.0 Å². The van der Waals surface area contributed by atoms with Crippen LogP contribution >= 0.6 is 0 Å². The third kappa shape index (κ3) is 4.61. The Hall–Kier alpha value is -2.20. The van der Waals surface area contributed by atoms with Crippen molar-refractivity contribution >= 4 is 5.91 Å². The Morgan fingerprint density at radius 1 is 1.00 bits per heavy atom. The molecule has 2 aliphatic rings. The number of carbonyl (C=O) groups excluding carboxylic acids is 1. The molecule has 0 atom stereocenters. The summed E-state index contributed by atoms with van der Waals surface area (Å²) in [7, 11) is 0. The zero-order valence-electron chi connectivity index (χ0n) is 16.9. The summed E-state index contributed by atoms with van der Waals surface area (Å²) in [5, 5.41) is 0. The number of rotatable bonds is 5. The number of piperidine rings is 1. The van der Waals surface area contributed by atoms with Crippen LogP contribution in [0.4, 0.5) is 0 Å². The minimum Gasteiger partial charge on any atom is -0.339 e. The van der Waals surface area contributed by atoms with Crippen LogP contribution in [0, 0.1) is 12.8 Å². The van der Waals surface area contributed by atoms with Gasteiger partial charge in [0, 0.05) is 32.0 Å². The number of aryl methyl sites for hydroxylation is 1. The lowest BCUT2D eigenvalue weighted by atomic mass is 9.89. The molecule has 3 heterocycles. The first kappa shape index (κ1) is 19.1. The summed E-state index contributed by atoms with van der Waals surface area (Å²) < 4.78 is 0. The molecule has 4 nitrogen and oxygen atoms in total. The molecule has 28 heavy (non-hydrogen) atoms. The maximum Gasteiger partial charge on any atom is 0.255 e. The zero-order chi connectivity index (χ0) is 19.3. The van der Waals surface area contributed by atoms with Crippen molar-refractivity contribution in [3.63, 3.8) is 0 Å². The van der Waals surface area contributed by atoms with Gasteiger partial charge in [0.15, 0.2) is 0 Å². The van der Waals surface area contributed by atoms with Gasteiger partial charge in [0.05, 0.1) is 5.56 Å². The summed E-state index contributed by atoms with van der Waals surface area (Å²) in [4.78, 5) is 21.4. The van der Waals surface area contributed by atoms with Crippen LogP contribution in [0.1, 0.15) is 52.7 Å². The molecule has 4 rings (SSSR count). The lowest BCUT2D eigenvalue weighted by molar-refractivity contribution is 0.0689. The van der Waals surface area contributed by atoms with Crippen LogP contribution in [0.3, 0.4) is 0 Å². The number of nitrogens with zero attached hydrogens (tertiary/aromatic N) is 3. The van der Waals surface area contributed by atoms with Crippen molar-refractivity contribution in [3.05, 3.63) is 65.0 Å². The van der Waals surface area contributed by atoms with Crippen LogP contribution < -0.4 is 0 Å². The van der Waals surface area contributed by atoms with Crippen molar-refractivity contribution in [2.75, 3.05) is 26.2 Å². The molecule has 2 fully saturated rings. The molecule has 0 bridgehead atoms. The van der Waals surface area contributed by atoms with Crippen molar-refractivity contribution in [3.8, 4) is 0 Å². The van der Waals surface area contributed by atoms with Gasteiger partial charge in [-0.2, -0.15) is 0 Å². The van der Waals surface area contributed by atoms with Crippen LogP contribution in [-0.4, -0.2) is 46.9 Å². The monoisotopic (exact) mass is 377 g/mol. The summed E-state index contributed by atoms with van der Waals surface area (Å²) in [6.45, 7) is 7.27. The van der Waals surface area contributed by atoms with Crippen LogP contribution in [0.2, 0.25) is 0 Å². The molecule has 2 saturated heterocycles. The Kier molecular flexibility index (Phi) is 6.06. The fourth-order valence-electron chi connectivity index (χ4n) is 4.51. The number of pyridine rings is 1. The van der Waals surface area contributed by atoms with E-state index in [1.165, 1.54) is 37.1 Å². The molecular formula is C24H31N3O. The molecule has 148 valence electrons. The van der Waals surface area contributed by atoms with E-state index in [2.05, 4.69) is 34.1 Å². The molecule has 2 aliphatic heterocycles. The van der Waals surface area contributed by atoms with E-state index in [4.69, 9.17) is 0 Å². The van der Waals surface area contributed by atoms with Gasteiger partial charge in [-0.15, -0.1) is 0 Å². The predicted octanol–water partition coefficient (Wildman–Crippen LogP) is 4.08. The number of likely N-dealkylation sites (tertiary alicyclic amines) is 2. The summed E-state index contributed by atoms with van der Waals surface area (Å²) in [6, 6.07) is 11.1. The Balaban J connectivity index is 1.27. The Labute approximate surface area is 168 Å². The molecular weight excluding hydrogens is 346 g/mol. The summed E-state index contributed by atoms with van der Waals surface area (Å²) >= 11 is 0. The van der Waals surface area contributed by atoms with Crippen molar-refractivity contribution in [2.45, 2.75) is 45.6 Å². The van der Waals surface area contributed by atoms with Crippen molar-refractivity contribution in [1.82, 2.24) is 14.8 Å². The zero-order valence-corrected chi connectivity index (χ0v) is 16.9. The van der Waals surface area contributed by atoms with Crippen LogP contribution in [0.15, 0.2) is 42.7 Å². The third-order valence-corrected chi connectivity index (χ3v) is 6.32. The molecule has 0 spiro atoms. The Bertz CT molecular complexity index is 788. The number of benzene rings is 1. The van der Waals surface area contributed by atoms with E-state index in [9.17, 15) is 4.79 Å². The second-order valence-electron chi connectivity index (χ2n) is 8.43. The van der Waals surface area contributed by atoms with E-state index >= 15 is 0 Å². The highest BCUT2D eigenvalue weighted by atomic mass is 16.2. The van der Waals surface area contributed by atoms with Gasteiger partial charge in [-0.05, 0) is 80.8 Å². The van der Waals surface area contributed by atoms with Gasteiger partial charge in [-0.1, -0.05) is 24.3 Å². The highest BCUT2D eigenvalue weighted by molar-refractivity contribution is 5.95. The predicted molar refractivity (Wildman–Crippen MR) is 112 cm³/mol. The SMILES string of the molecule is Cc1ccncc1C(=O)N1CCC(Cc2ccc(CN3CCCC3)cc2)CC1. The Morgan fingerprint density at radius 3 is 2.36 bits per heavy atom. The largest absolute Gasteiger partial charge is 0.339 e. The topological polar surface area (TPSA) is 36.4 Å². The maximum atomic E-state index is 12.7. The number of aromatic nitrogens is 1. The number of hydrogen-bond acceptors (Lipinski definition) is 3. The molecule has 4 heteroatoms. The normalized spacial score (nSPS) is 18.5. The fourth-order valence-corrected chi connectivity index (χ4v) is 4.51. The second kappa shape index (κ2) is 8.87. The lowest BCUT2D eigenvalue weighted by Gasteiger charge is -2.32. The van der Waals surface area contributed by atoms with Crippen molar-refractivity contribution in [2.24, 2.45) is 5.92 Å². The minimum atomic E-state index is 0.135. The van der Waals surface area contributed by atoms with Gasteiger partial charge in [0.25, 0.3) is 5.91 Å².